The molecule has 2 heterocycles. The van der Waals surface area contributed by atoms with E-state index in [1.54, 1.807) is 29.9 Å². The second-order valence-corrected chi connectivity index (χ2v) is 4.47. The molecule has 84 valence electrons. The van der Waals surface area contributed by atoms with Gasteiger partial charge in [0, 0.05) is 17.8 Å². The normalized spacial score (nSPS) is 12.6. The Morgan fingerprint density at radius 3 is 2.81 bits per heavy atom. The summed E-state index contributed by atoms with van der Waals surface area (Å²) >= 11 is 1.65. The van der Waals surface area contributed by atoms with Crippen LogP contribution in [-0.4, -0.2) is 21.5 Å². The Kier molecular flexibility index (Phi) is 3.58. The van der Waals surface area contributed by atoms with Gasteiger partial charge in [-0.1, -0.05) is 6.92 Å². The van der Waals surface area contributed by atoms with E-state index in [1.807, 2.05) is 6.92 Å². The SMILES string of the molecule is CCNC(c1cnccn1)c1csc(C)n1. The Morgan fingerprint density at radius 2 is 2.25 bits per heavy atom. The molecular formula is C11H14N4S. The van der Waals surface area contributed by atoms with E-state index in [0.29, 0.717) is 0 Å². The molecule has 0 spiro atoms. The first kappa shape index (κ1) is 11.2. The predicted molar refractivity (Wildman–Crippen MR) is 64.4 cm³/mol. The highest BCUT2D eigenvalue weighted by atomic mass is 32.1. The lowest BCUT2D eigenvalue weighted by Crippen LogP contribution is -2.23. The number of aromatic nitrogens is 3. The fraction of sp³-hybridized carbons (Fsp3) is 0.364. The largest absolute Gasteiger partial charge is 0.304 e. The molecule has 5 heteroatoms. The molecule has 1 atom stereocenters. The molecule has 2 rings (SSSR count). The van der Waals surface area contributed by atoms with Crippen LogP contribution in [0.1, 0.15) is 29.4 Å². The van der Waals surface area contributed by atoms with Crippen LogP contribution in [0.3, 0.4) is 0 Å². The third-order valence-electron chi connectivity index (χ3n) is 2.22. The van der Waals surface area contributed by atoms with Crippen molar-refractivity contribution in [3.63, 3.8) is 0 Å². The highest BCUT2D eigenvalue weighted by Gasteiger charge is 2.16. The van der Waals surface area contributed by atoms with Crippen molar-refractivity contribution >= 4 is 11.3 Å². The summed E-state index contributed by atoms with van der Waals surface area (Å²) in [7, 11) is 0. The van der Waals surface area contributed by atoms with Crippen molar-refractivity contribution in [1.29, 1.82) is 0 Å². The van der Waals surface area contributed by atoms with Crippen LogP contribution in [0.2, 0.25) is 0 Å². The molecule has 2 aromatic rings. The molecule has 2 aromatic heterocycles. The fourth-order valence-corrected chi connectivity index (χ4v) is 2.18. The van der Waals surface area contributed by atoms with E-state index in [2.05, 4.69) is 32.6 Å². The van der Waals surface area contributed by atoms with Gasteiger partial charge in [0.25, 0.3) is 0 Å². The summed E-state index contributed by atoms with van der Waals surface area (Å²) in [5, 5.41) is 6.51. The van der Waals surface area contributed by atoms with Crippen molar-refractivity contribution in [2.45, 2.75) is 19.9 Å². The Bertz CT molecular complexity index is 440. The second kappa shape index (κ2) is 5.14. The van der Waals surface area contributed by atoms with Gasteiger partial charge in [0.05, 0.1) is 28.6 Å². The molecule has 0 amide bonds. The van der Waals surface area contributed by atoms with E-state index >= 15 is 0 Å². The van der Waals surface area contributed by atoms with Gasteiger partial charge in [0.15, 0.2) is 0 Å². The number of rotatable bonds is 4. The van der Waals surface area contributed by atoms with Gasteiger partial charge >= 0.3 is 0 Å². The summed E-state index contributed by atoms with van der Waals surface area (Å²) in [5.74, 6) is 0. The highest BCUT2D eigenvalue weighted by Crippen LogP contribution is 2.21. The van der Waals surface area contributed by atoms with Gasteiger partial charge in [-0.15, -0.1) is 11.3 Å². The predicted octanol–water partition coefficient (Wildman–Crippen LogP) is 1.94. The second-order valence-electron chi connectivity index (χ2n) is 3.41. The Hall–Kier alpha value is -1.33. The summed E-state index contributed by atoms with van der Waals surface area (Å²) < 4.78 is 0. The number of thiazole rings is 1. The number of hydrogen-bond acceptors (Lipinski definition) is 5. The van der Waals surface area contributed by atoms with Gasteiger partial charge in [-0.2, -0.15) is 0 Å². The van der Waals surface area contributed by atoms with Gasteiger partial charge in [-0.05, 0) is 13.5 Å². The standard InChI is InChI=1S/C11H14N4S/c1-3-13-11(9-6-12-4-5-14-9)10-7-16-8(2)15-10/h4-7,11,13H,3H2,1-2H3. The average molecular weight is 234 g/mol. The van der Waals surface area contributed by atoms with E-state index in [-0.39, 0.29) is 6.04 Å². The molecule has 0 saturated carbocycles. The number of nitrogens with zero attached hydrogens (tertiary/aromatic N) is 3. The zero-order chi connectivity index (χ0) is 11.4. The monoisotopic (exact) mass is 234 g/mol. The maximum atomic E-state index is 4.49. The lowest BCUT2D eigenvalue weighted by molar-refractivity contribution is 0.600. The van der Waals surface area contributed by atoms with Crippen molar-refractivity contribution < 1.29 is 0 Å². The summed E-state index contributed by atoms with van der Waals surface area (Å²) in [4.78, 5) is 12.9. The Balaban J connectivity index is 2.31. The molecule has 0 saturated heterocycles. The molecule has 0 aliphatic heterocycles. The third-order valence-corrected chi connectivity index (χ3v) is 3.01. The molecule has 4 nitrogen and oxygen atoms in total. The Labute approximate surface area is 98.8 Å². The van der Waals surface area contributed by atoms with Crippen LogP contribution >= 0.6 is 11.3 Å². The minimum absolute atomic E-state index is 0.0450. The molecule has 0 fully saturated rings. The van der Waals surface area contributed by atoms with E-state index in [0.717, 1.165) is 22.9 Å². The minimum atomic E-state index is 0.0450. The van der Waals surface area contributed by atoms with E-state index < -0.39 is 0 Å². The quantitative estimate of drug-likeness (QED) is 0.878. The van der Waals surface area contributed by atoms with Crippen molar-refractivity contribution in [2.24, 2.45) is 0 Å². The maximum Gasteiger partial charge on any atom is 0.0949 e. The van der Waals surface area contributed by atoms with E-state index in [9.17, 15) is 0 Å². The molecule has 0 aromatic carbocycles. The van der Waals surface area contributed by atoms with Crippen LogP contribution in [0.5, 0.6) is 0 Å². The van der Waals surface area contributed by atoms with Crippen LogP contribution in [0.4, 0.5) is 0 Å². The topological polar surface area (TPSA) is 50.7 Å². The maximum absolute atomic E-state index is 4.49. The molecule has 0 aliphatic rings. The number of hydrogen-bond donors (Lipinski definition) is 1. The smallest absolute Gasteiger partial charge is 0.0949 e. The molecule has 0 aliphatic carbocycles. The van der Waals surface area contributed by atoms with Gasteiger partial charge < -0.3 is 5.32 Å². The summed E-state index contributed by atoms with van der Waals surface area (Å²) in [6, 6.07) is 0.0450. The zero-order valence-electron chi connectivity index (χ0n) is 9.34. The van der Waals surface area contributed by atoms with E-state index in [1.165, 1.54) is 0 Å². The van der Waals surface area contributed by atoms with Crippen molar-refractivity contribution in [3.05, 3.63) is 40.4 Å². The Morgan fingerprint density at radius 1 is 1.38 bits per heavy atom. The first-order valence-electron chi connectivity index (χ1n) is 5.22. The highest BCUT2D eigenvalue weighted by molar-refractivity contribution is 7.09. The number of aryl methyl sites for hydroxylation is 1. The van der Waals surface area contributed by atoms with Crippen molar-refractivity contribution in [1.82, 2.24) is 20.3 Å². The fourth-order valence-electron chi connectivity index (χ4n) is 1.54. The van der Waals surface area contributed by atoms with Crippen LogP contribution in [0, 0.1) is 6.92 Å². The summed E-state index contributed by atoms with van der Waals surface area (Å²) in [5.41, 5.74) is 1.93. The lowest BCUT2D eigenvalue weighted by Gasteiger charge is -2.14. The third kappa shape index (κ3) is 2.43. The summed E-state index contributed by atoms with van der Waals surface area (Å²) in [6.07, 6.45) is 5.17. The molecule has 0 bridgehead atoms. The lowest BCUT2D eigenvalue weighted by atomic mass is 10.1. The average Bonchev–Trinajstić information content (AvgIpc) is 2.74. The van der Waals surface area contributed by atoms with Crippen LogP contribution < -0.4 is 5.32 Å². The molecule has 0 radical (unpaired) electrons. The van der Waals surface area contributed by atoms with Crippen molar-refractivity contribution in [3.8, 4) is 0 Å². The number of nitrogens with one attached hydrogen (secondary N) is 1. The van der Waals surface area contributed by atoms with Crippen LogP contribution in [0.15, 0.2) is 24.0 Å². The first-order valence-corrected chi connectivity index (χ1v) is 6.10. The zero-order valence-corrected chi connectivity index (χ0v) is 10.2. The van der Waals surface area contributed by atoms with Gasteiger partial charge in [-0.25, -0.2) is 4.98 Å². The van der Waals surface area contributed by atoms with Gasteiger partial charge in [-0.3, -0.25) is 9.97 Å². The van der Waals surface area contributed by atoms with Crippen LogP contribution in [-0.2, 0) is 0 Å². The molecule has 1 unspecified atom stereocenters. The first-order chi connectivity index (χ1) is 7.81. The van der Waals surface area contributed by atoms with E-state index in [4.69, 9.17) is 0 Å². The van der Waals surface area contributed by atoms with Crippen molar-refractivity contribution in [2.75, 3.05) is 6.54 Å². The molecule has 1 N–H and O–H groups in total. The van der Waals surface area contributed by atoms with Gasteiger partial charge in [0.1, 0.15) is 0 Å². The van der Waals surface area contributed by atoms with Crippen LogP contribution in [0.25, 0.3) is 0 Å². The van der Waals surface area contributed by atoms with Gasteiger partial charge in [0.2, 0.25) is 0 Å². The molecule has 16 heavy (non-hydrogen) atoms. The summed E-state index contributed by atoms with van der Waals surface area (Å²) in [6.45, 7) is 4.95. The molecular weight excluding hydrogens is 220 g/mol. The minimum Gasteiger partial charge on any atom is -0.304 e.